The lowest BCUT2D eigenvalue weighted by Crippen LogP contribution is -2.73. The van der Waals surface area contributed by atoms with Crippen LogP contribution in [0.5, 0.6) is 0 Å². The van der Waals surface area contributed by atoms with Crippen LogP contribution in [0.25, 0.3) is 0 Å². The smallest absolute Gasteiger partial charge is 0.364 e. The topological polar surface area (TPSA) is 794 Å². The second kappa shape index (κ2) is 68.4. The first-order valence-corrected chi connectivity index (χ1v) is 53.9. The van der Waals surface area contributed by atoms with E-state index in [-0.39, 0.29) is 6.42 Å². The molecule has 0 radical (unpaired) electrons. The van der Waals surface area contributed by atoms with E-state index in [1.54, 1.807) is 6.08 Å². The molecule has 150 heavy (non-hydrogen) atoms. The summed E-state index contributed by atoms with van der Waals surface area (Å²) in [5.74, 6) is -16.6. The van der Waals surface area contributed by atoms with Crippen molar-refractivity contribution in [2.45, 2.75) is 517 Å². The fraction of sp³-hybridized carbons (Fsp3) is 0.910. The maximum Gasteiger partial charge on any atom is 0.364 e. The summed E-state index contributed by atoms with van der Waals surface area (Å²) in [5.41, 5.74) is 0. The number of carbonyl (C=O) groups excluding carboxylic acids is 5. The average Bonchev–Trinajstić information content (AvgIpc) is 0.745. The van der Waals surface area contributed by atoms with Crippen LogP contribution in [0, 0.1) is 0 Å². The van der Waals surface area contributed by atoms with Crippen molar-refractivity contribution in [1.82, 2.24) is 26.6 Å². The molecule has 50 heteroatoms. The monoisotopic (exact) mass is 2170 g/mol. The normalized spacial score (nSPS) is 34.6. The second-order valence-corrected chi connectivity index (χ2v) is 40.6. The van der Waals surface area contributed by atoms with Gasteiger partial charge in [0, 0.05) is 40.0 Å². The molecule has 5 amide bonds. The number of aliphatic carboxylic acids is 2. The van der Waals surface area contributed by atoms with Crippen molar-refractivity contribution in [3.8, 4) is 0 Å². The lowest BCUT2D eigenvalue weighted by Gasteiger charge is -2.53. The van der Waals surface area contributed by atoms with Crippen LogP contribution in [0.15, 0.2) is 12.2 Å². The van der Waals surface area contributed by atoms with Crippen LogP contribution in [-0.2, 0) is 99.9 Å². The van der Waals surface area contributed by atoms with Gasteiger partial charge in [-0.3, -0.25) is 24.0 Å². The number of hydrogen-bond donors (Lipinski definition) is 29. The average molecular weight is 2170 g/mol. The zero-order valence-electron chi connectivity index (χ0n) is 87.1. The number of amides is 5. The molecule has 14 unspecified atom stereocenters. The summed E-state index contributed by atoms with van der Waals surface area (Å²) in [7, 11) is 0. The number of aliphatic hydroxyl groups excluding tert-OH is 22. The number of allylic oxidation sites excluding steroid dienone is 1. The summed E-state index contributed by atoms with van der Waals surface area (Å²) in [6.07, 6.45) is -33.5. The summed E-state index contributed by atoms with van der Waals surface area (Å²) >= 11 is 0. The molecule has 0 bridgehead atoms. The van der Waals surface area contributed by atoms with Crippen molar-refractivity contribution in [2.24, 2.45) is 0 Å². The summed E-state index contributed by atoms with van der Waals surface area (Å²) in [6.45, 7) is -3.91. The highest BCUT2D eigenvalue weighted by molar-refractivity contribution is 5.79. The molecule has 0 saturated carbocycles. The molecular formula is C100H177N5O45. The van der Waals surface area contributed by atoms with E-state index in [1.807, 2.05) is 0 Å². The Labute approximate surface area is 875 Å². The maximum absolute atomic E-state index is 14.2. The Kier molecular flexibility index (Phi) is 59.9. The van der Waals surface area contributed by atoms with Crippen LogP contribution in [0.4, 0.5) is 0 Å². The molecule has 0 spiro atoms. The largest absolute Gasteiger partial charge is 0.477 e. The quantitative estimate of drug-likeness (QED) is 0.0205. The van der Waals surface area contributed by atoms with Gasteiger partial charge < -0.3 is 215 Å². The molecule has 7 heterocycles. The molecule has 0 aromatic rings. The summed E-state index contributed by atoms with van der Waals surface area (Å²) in [5, 5.41) is 286. The Hall–Kier alpha value is -5.41. The minimum Gasteiger partial charge on any atom is -0.477 e. The molecule has 50 nitrogen and oxygen atoms in total. The Morgan fingerprint density at radius 1 is 0.353 bits per heavy atom. The molecular weight excluding hydrogens is 1990 g/mol. The maximum atomic E-state index is 14.2. The van der Waals surface area contributed by atoms with E-state index in [9.17, 15) is 156 Å². The van der Waals surface area contributed by atoms with Gasteiger partial charge in [0.05, 0.1) is 89.3 Å². The van der Waals surface area contributed by atoms with Crippen LogP contribution >= 0.6 is 0 Å². The van der Waals surface area contributed by atoms with Gasteiger partial charge in [-0.2, -0.15) is 0 Å². The fourth-order valence-corrected chi connectivity index (χ4v) is 20.2. The van der Waals surface area contributed by atoms with Gasteiger partial charge in [0.1, 0.15) is 165 Å². The number of hydrogen-bond acceptors (Lipinski definition) is 43. The van der Waals surface area contributed by atoms with Gasteiger partial charge in [0.25, 0.3) is 11.6 Å². The van der Waals surface area contributed by atoms with Gasteiger partial charge >= 0.3 is 11.9 Å². The predicted octanol–water partition coefficient (Wildman–Crippen LogP) is -3.81. The number of carboxylic acids is 2. The van der Waals surface area contributed by atoms with Crippen LogP contribution in [0.1, 0.15) is 279 Å². The van der Waals surface area contributed by atoms with Gasteiger partial charge in [-0.15, -0.1) is 0 Å². The van der Waals surface area contributed by atoms with Gasteiger partial charge in [-0.1, -0.05) is 231 Å². The molecule has 0 aromatic carbocycles. The Morgan fingerprint density at radius 2 is 0.693 bits per heavy atom. The summed E-state index contributed by atoms with van der Waals surface area (Å²) < 4.78 is 85.9. The highest BCUT2D eigenvalue weighted by atomic mass is 16.8. The number of ether oxygens (including phenoxy) is 14. The number of carboxylic acid groups (broad SMARTS) is 2. The van der Waals surface area contributed by atoms with Crippen molar-refractivity contribution in [2.75, 3.05) is 59.5 Å². The highest BCUT2D eigenvalue weighted by Crippen LogP contribution is 2.45. The highest BCUT2D eigenvalue weighted by Gasteiger charge is 2.66. The second-order valence-electron chi connectivity index (χ2n) is 40.6. The molecule has 7 fully saturated rings. The third-order valence-corrected chi connectivity index (χ3v) is 28.7. The number of aliphatic hydroxyl groups is 22. The fourth-order valence-electron chi connectivity index (χ4n) is 20.2. The molecule has 7 aliphatic heterocycles. The standard InChI is InChI=1S/C100H177N5O45/c1-6-8-10-12-14-16-18-20-21-22-23-24-25-26-27-28-29-31-33-35-37-39-41-43-69(122)104-58(59(117)42-40-38-36-34-32-30-19-17-15-13-11-9-7-2)54-137-94-81(130)80(129)84(66(50-110)140-94)143-95-82(131)90(149-99(97(133)134)44-60(118)71(101-55(3)114)88(147-99)75(124)62(120)46-106)86(68(52-112)141-95)145-93-74(103-57(5)116)87(78(127)65(49-109)139-93)146-96-83(132)91(85(67(51-111)142-96)144-92-73(102-56(4)115)79(128)77(126)64(48-108)138-92)150-100(98(135)136)45-61(119)72(105-70(123)53-113)89(148-100)76(125)63(121)47-107/h40,42,58-68,71-96,106-113,117-121,124-132H,6-39,41,43-54H2,1-5H3,(H,101,114)(H,102,115)(H,103,116)(H,104,122)(H,105,123)(H,133,134)(H,135,136)/b42-40+/t58-,59+,60?,61?,62+,63+,64?,65?,66?,67?,68?,71+,72+,73?,74?,75+,76+,77-,78-,79+,80+,81?,82?,83?,84+,85-,86-,87+,88?,89?,90+,91+,92-,93-,94+,95-,96-,99-,100-/m0/s1. The molecule has 7 rings (SSSR count). The van der Waals surface area contributed by atoms with Crippen LogP contribution in [-0.4, -0.2) is 462 Å². The van der Waals surface area contributed by atoms with Crippen LogP contribution in [0.2, 0.25) is 0 Å². The third kappa shape index (κ3) is 39.3. The Morgan fingerprint density at radius 3 is 1.08 bits per heavy atom. The van der Waals surface area contributed by atoms with Crippen molar-refractivity contribution >= 4 is 41.5 Å². The van der Waals surface area contributed by atoms with E-state index in [2.05, 4.69) is 40.4 Å². The molecule has 39 atom stereocenters. The van der Waals surface area contributed by atoms with E-state index in [4.69, 9.17) is 66.3 Å². The van der Waals surface area contributed by atoms with Crippen molar-refractivity contribution < 1.29 is 222 Å². The van der Waals surface area contributed by atoms with Crippen LogP contribution in [0.3, 0.4) is 0 Å². The first-order valence-electron chi connectivity index (χ1n) is 53.9. The number of nitrogens with one attached hydrogen (secondary N) is 5. The SMILES string of the molecule is CCCCCCCCCCCCC/C=C/[C@@H](O)[C@H](CO[C@@H]1OC(CO)[C@@H](O[C@@H]2OC(CO)[C@H](O[C@@H]3OC(CO)[C@H](O)[C@H](O[C@@H]4OC(CO)[C@H](O[C@@H]5OC(CO)[C@H](O)[C@H](O)C5NC(C)=O)[C@H](O[C@]5(C(=O)O)CC(O)[C@@H](NC(=O)CO)C([C@H](O)[C@H](O)CO)O5)C4O)C3NC(C)=O)[C@H](O[C@]3(C(=O)O)CC(O)[C@@H](NC(C)=O)C([C@H](O)[C@H](O)CO)O3)C2O)[C@H](O)C1O)NC(=O)CCCCCCCCCCCCCCCCCCCCCCCCC. The minimum atomic E-state index is -3.59. The van der Waals surface area contributed by atoms with Crippen molar-refractivity contribution in [3.05, 3.63) is 12.2 Å². The van der Waals surface area contributed by atoms with Gasteiger partial charge in [0.15, 0.2) is 31.5 Å². The Bertz CT molecular complexity index is 3850. The summed E-state index contributed by atoms with van der Waals surface area (Å²) in [6, 6.07) is -9.38. The number of carbonyl (C=O) groups is 7. The number of unbranched alkanes of at least 4 members (excludes halogenated alkanes) is 33. The van der Waals surface area contributed by atoms with Gasteiger partial charge in [0.2, 0.25) is 29.5 Å². The molecule has 7 saturated heterocycles. The zero-order valence-corrected chi connectivity index (χ0v) is 87.1. The zero-order chi connectivity index (χ0) is 110. The summed E-state index contributed by atoms with van der Waals surface area (Å²) in [4.78, 5) is 94.2. The molecule has 0 aromatic heterocycles. The van der Waals surface area contributed by atoms with Gasteiger partial charge in [-0.25, -0.2) is 9.59 Å². The predicted molar refractivity (Wildman–Crippen MR) is 522 cm³/mol. The Balaban J connectivity index is 1.18. The lowest BCUT2D eigenvalue weighted by molar-refractivity contribution is -0.408. The minimum absolute atomic E-state index is 0.0711. The molecule has 872 valence electrons. The van der Waals surface area contributed by atoms with E-state index < -0.39 is 352 Å². The lowest BCUT2D eigenvalue weighted by atomic mass is 9.88. The molecule has 0 aliphatic carbocycles. The molecule has 29 N–H and O–H groups in total. The first-order chi connectivity index (χ1) is 71.7. The van der Waals surface area contributed by atoms with Crippen LogP contribution < -0.4 is 26.6 Å². The van der Waals surface area contributed by atoms with E-state index >= 15 is 0 Å². The van der Waals surface area contributed by atoms with Crippen molar-refractivity contribution in [1.29, 1.82) is 0 Å². The van der Waals surface area contributed by atoms with E-state index in [1.165, 1.54) is 147 Å². The van der Waals surface area contributed by atoms with Gasteiger partial charge in [-0.05, 0) is 19.3 Å². The first kappa shape index (κ1) is 131. The van der Waals surface area contributed by atoms with Crippen molar-refractivity contribution in [3.63, 3.8) is 0 Å². The number of rotatable bonds is 72. The third-order valence-electron chi connectivity index (χ3n) is 28.7. The van der Waals surface area contributed by atoms with E-state index in [0.29, 0.717) is 12.8 Å². The molecule has 7 aliphatic rings. The van der Waals surface area contributed by atoms with E-state index in [0.717, 1.165) is 91.4 Å².